The maximum absolute atomic E-state index is 13.4. The van der Waals surface area contributed by atoms with Crippen LogP contribution in [0.4, 0.5) is 4.39 Å². The SMILES string of the molecule is OCCC1(c2ccc(F)cc2)ON=C2/C(=C/c3ccc(Cl)nc3)CCCN21. The fourth-order valence-corrected chi connectivity index (χ4v) is 3.76. The van der Waals surface area contributed by atoms with Crippen LogP contribution in [0, 0.1) is 5.82 Å². The number of rotatable bonds is 4. The standard InChI is InChI=1S/C20H19ClFN3O2/c21-18-8-3-14(13-23-18)12-15-2-1-10-25-19(15)24-27-20(25,9-11-26)16-4-6-17(22)7-5-16/h3-8,12-13,26H,1-2,9-11H2/b15-12+. The highest BCUT2D eigenvalue weighted by Crippen LogP contribution is 2.42. The third kappa shape index (κ3) is 3.31. The van der Waals surface area contributed by atoms with Crippen LogP contribution in [0.2, 0.25) is 5.15 Å². The van der Waals surface area contributed by atoms with Crippen molar-refractivity contribution >= 4 is 23.5 Å². The van der Waals surface area contributed by atoms with Gasteiger partial charge in [-0.3, -0.25) is 0 Å². The second-order valence-electron chi connectivity index (χ2n) is 6.61. The molecular weight excluding hydrogens is 369 g/mol. The van der Waals surface area contributed by atoms with E-state index in [1.807, 2.05) is 12.1 Å². The van der Waals surface area contributed by atoms with E-state index >= 15 is 0 Å². The van der Waals surface area contributed by atoms with E-state index in [2.05, 4.69) is 15.0 Å². The fourth-order valence-electron chi connectivity index (χ4n) is 3.65. The zero-order chi connectivity index (χ0) is 18.9. The molecule has 0 saturated carbocycles. The minimum atomic E-state index is -0.921. The van der Waals surface area contributed by atoms with Gasteiger partial charge in [-0.05, 0) is 48.3 Å². The monoisotopic (exact) mass is 387 g/mol. The normalized spacial score (nSPS) is 23.1. The number of hydrogen-bond acceptors (Lipinski definition) is 5. The number of oxime groups is 1. The number of aliphatic hydroxyl groups is 1. The van der Waals surface area contributed by atoms with Gasteiger partial charge in [0.1, 0.15) is 11.0 Å². The molecule has 140 valence electrons. The van der Waals surface area contributed by atoms with Crippen molar-refractivity contribution in [2.24, 2.45) is 5.16 Å². The molecule has 1 unspecified atom stereocenters. The van der Waals surface area contributed by atoms with E-state index in [0.717, 1.165) is 41.9 Å². The molecule has 1 atom stereocenters. The van der Waals surface area contributed by atoms with Crippen molar-refractivity contribution in [2.45, 2.75) is 25.0 Å². The summed E-state index contributed by atoms with van der Waals surface area (Å²) in [4.78, 5) is 12.1. The van der Waals surface area contributed by atoms with Crippen molar-refractivity contribution < 1.29 is 14.3 Å². The predicted molar refractivity (Wildman–Crippen MR) is 101 cm³/mol. The molecule has 1 saturated heterocycles. The quantitative estimate of drug-likeness (QED) is 0.807. The second-order valence-corrected chi connectivity index (χ2v) is 7.00. The highest BCUT2D eigenvalue weighted by atomic mass is 35.5. The summed E-state index contributed by atoms with van der Waals surface area (Å²) in [6.45, 7) is 0.670. The van der Waals surface area contributed by atoms with Crippen molar-refractivity contribution in [1.29, 1.82) is 0 Å². The lowest BCUT2D eigenvalue weighted by atomic mass is 9.92. The molecule has 0 bridgehead atoms. The Balaban J connectivity index is 1.69. The third-order valence-electron chi connectivity index (χ3n) is 4.93. The summed E-state index contributed by atoms with van der Waals surface area (Å²) in [5.74, 6) is 0.431. The van der Waals surface area contributed by atoms with Gasteiger partial charge in [0.2, 0.25) is 5.72 Å². The summed E-state index contributed by atoms with van der Waals surface area (Å²) >= 11 is 5.86. The second kappa shape index (κ2) is 7.29. The molecule has 2 aliphatic rings. The molecule has 1 aromatic heterocycles. The number of nitrogens with zero attached hydrogens (tertiary/aromatic N) is 3. The number of aromatic nitrogens is 1. The molecule has 3 heterocycles. The number of amidine groups is 1. The molecule has 0 spiro atoms. The van der Waals surface area contributed by atoms with Gasteiger partial charge in [-0.1, -0.05) is 35.0 Å². The van der Waals surface area contributed by atoms with Gasteiger partial charge in [0, 0.05) is 31.3 Å². The number of fused-ring (bicyclic) bond motifs is 1. The average Bonchev–Trinajstić information content (AvgIpc) is 3.05. The van der Waals surface area contributed by atoms with Crippen LogP contribution in [0.25, 0.3) is 6.08 Å². The van der Waals surface area contributed by atoms with Crippen LogP contribution in [-0.4, -0.2) is 34.0 Å². The number of hydrogen-bond donors (Lipinski definition) is 1. The molecule has 0 aliphatic carbocycles. The van der Waals surface area contributed by atoms with Crippen LogP contribution in [0.5, 0.6) is 0 Å². The van der Waals surface area contributed by atoms with Gasteiger partial charge < -0.3 is 14.8 Å². The van der Waals surface area contributed by atoms with Crippen LogP contribution in [0.3, 0.4) is 0 Å². The maximum Gasteiger partial charge on any atom is 0.239 e. The molecule has 1 N–H and O–H groups in total. The minimum absolute atomic E-state index is 0.0726. The van der Waals surface area contributed by atoms with Gasteiger partial charge in [-0.25, -0.2) is 9.37 Å². The molecule has 0 amide bonds. The molecule has 4 rings (SSSR count). The molecule has 5 nitrogen and oxygen atoms in total. The van der Waals surface area contributed by atoms with Gasteiger partial charge in [0.05, 0.1) is 0 Å². The summed E-state index contributed by atoms with van der Waals surface area (Å²) in [7, 11) is 0. The first kappa shape index (κ1) is 17.9. The van der Waals surface area contributed by atoms with Crippen LogP contribution in [0.1, 0.15) is 30.4 Å². The largest absolute Gasteiger partial charge is 0.396 e. The predicted octanol–water partition coefficient (Wildman–Crippen LogP) is 3.93. The Kier molecular flexibility index (Phi) is 4.85. The summed E-state index contributed by atoms with van der Waals surface area (Å²) in [6, 6.07) is 9.82. The van der Waals surface area contributed by atoms with Gasteiger partial charge in [0.15, 0.2) is 5.84 Å². The Morgan fingerprint density at radius 2 is 2.07 bits per heavy atom. The highest BCUT2D eigenvalue weighted by Gasteiger charge is 2.49. The Labute approximate surface area is 161 Å². The molecule has 2 aliphatic heterocycles. The lowest BCUT2D eigenvalue weighted by Crippen LogP contribution is -2.49. The lowest BCUT2D eigenvalue weighted by Gasteiger charge is -2.39. The van der Waals surface area contributed by atoms with Gasteiger partial charge in [0.25, 0.3) is 0 Å². The van der Waals surface area contributed by atoms with E-state index in [-0.39, 0.29) is 12.4 Å². The smallest absolute Gasteiger partial charge is 0.239 e. The van der Waals surface area contributed by atoms with E-state index in [4.69, 9.17) is 16.4 Å². The van der Waals surface area contributed by atoms with Crippen LogP contribution < -0.4 is 0 Å². The minimum Gasteiger partial charge on any atom is -0.396 e. The van der Waals surface area contributed by atoms with Crippen molar-refractivity contribution in [3.8, 4) is 0 Å². The van der Waals surface area contributed by atoms with E-state index in [1.165, 1.54) is 12.1 Å². The zero-order valence-electron chi connectivity index (χ0n) is 14.6. The summed E-state index contributed by atoms with van der Waals surface area (Å²) in [5.41, 5.74) is 1.81. The number of pyridine rings is 1. The number of halogens is 2. The van der Waals surface area contributed by atoms with Crippen molar-refractivity contribution in [2.75, 3.05) is 13.2 Å². The van der Waals surface area contributed by atoms with Gasteiger partial charge in [-0.2, -0.15) is 0 Å². The van der Waals surface area contributed by atoms with Crippen molar-refractivity contribution in [1.82, 2.24) is 9.88 Å². The van der Waals surface area contributed by atoms with Crippen LogP contribution in [0.15, 0.2) is 53.3 Å². The van der Waals surface area contributed by atoms with E-state index in [9.17, 15) is 9.50 Å². The Morgan fingerprint density at radius 1 is 1.26 bits per heavy atom. The van der Waals surface area contributed by atoms with Crippen molar-refractivity contribution in [3.05, 3.63) is 70.3 Å². The first-order valence-corrected chi connectivity index (χ1v) is 9.23. The highest BCUT2D eigenvalue weighted by molar-refractivity contribution is 6.29. The number of aliphatic hydroxyl groups excluding tert-OH is 1. The number of benzene rings is 1. The molecule has 0 radical (unpaired) electrons. The Morgan fingerprint density at radius 3 is 2.78 bits per heavy atom. The number of piperidine rings is 1. The molecule has 27 heavy (non-hydrogen) atoms. The molecule has 7 heteroatoms. The zero-order valence-corrected chi connectivity index (χ0v) is 15.4. The summed E-state index contributed by atoms with van der Waals surface area (Å²) in [6.07, 6.45) is 5.86. The van der Waals surface area contributed by atoms with E-state index < -0.39 is 5.72 Å². The third-order valence-corrected chi connectivity index (χ3v) is 5.15. The van der Waals surface area contributed by atoms with E-state index in [0.29, 0.717) is 11.6 Å². The van der Waals surface area contributed by atoms with E-state index in [1.54, 1.807) is 24.4 Å². The molecule has 2 aromatic rings. The first-order valence-electron chi connectivity index (χ1n) is 8.85. The maximum atomic E-state index is 13.4. The Bertz CT molecular complexity index is 883. The van der Waals surface area contributed by atoms with Crippen LogP contribution in [-0.2, 0) is 10.6 Å². The Hall–Kier alpha value is -2.44. The van der Waals surface area contributed by atoms with Gasteiger partial charge >= 0.3 is 0 Å². The van der Waals surface area contributed by atoms with Crippen LogP contribution >= 0.6 is 11.6 Å². The molecular formula is C20H19ClFN3O2. The fraction of sp³-hybridized carbons (Fsp3) is 0.300. The summed E-state index contributed by atoms with van der Waals surface area (Å²) in [5, 5.41) is 14.5. The summed E-state index contributed by atoms with van der Waals surface area (Å²) < 4.78 is 13.4. The molecule has 1 aromatic carbocycles. The first-order chi connectivity index (χ1) is 13.1. The van der Waals surface area contributed by atoms with Crippen molar-refractivity contribution in [3.63, 3.8) is 0 Å². The topological polar surface area (TPSA) is 58.0 Å². The van der Waals surface area contributed by atoms with Gasteiger partial charge in [-0.15, -0.1) is 0 Å². The average molecular weight is 388 g/mol. The molecule has 1 fully saturated rings. The lowest BCUT2D eigenvalue weighted by molar-refractivity contribution is -0.119.